The van der Waals surface area contributed by atoms with Crippen molar-refractivity contribution in [3.05, 3.63) is 35.6 Å². The number of hydrogen-bond acceptors (Lipinski definition) is 4. The van der Waals surface area contributed by atoms with Gasteiger partial charge in [0.25, 0.3) is 0 Å². The summed E-state index contributed by atoms with van der Waals surface area (Å²) in [6.07, 6.45) is 3.22. The Morgan fingerprint density at radius 2 is 2.08 bits per heavy atom. The molecule has 8 heteroatoms. The van der Waals surface area contributed by atoms with Gasteiger partial charge in [-0.15, -0.1) is 0 Å². The van der Waals surface area contributed by atoms with Gasteiger partial charge in [-0.3, -0.25) is 9.59 Å². The molecule has 1 aromatic carbocycles. The molecule has 1 heterocycles. The van der Waals surface area contributed by atoms with E-state index in [1.807, 2.05) is 0 Å². The van der Waals surface area contributed by atoms with Crippen molar-refractivity contribution < 1.29 is 22.4 Å². The maximum Gasteiger partial charge on any atom is 0.242 e. The first kappa shape index (κ1) is 19.4. The fraction of sp³-hybridized carbons (Fsp3) is 0.529. The van der Waals surface area contributed by atoms with Crippen LogP contribution in [0.2, 0.25) is 0 Å². The van der Waals surface area contributed by atoms with Crippen LogP contribution in [-0.4, -0.2) is 56.3 Å². The van der Waals surface area contributed by atoms with Gasteiger partial charge in [0, 0.05) is 19.3 Å². The zero-order valence-electron chi connectivity index (χ0n) is 14.2. The first-order valence-electron chi connectivity index (χ1n) is 8.23. The lowest BCUT2D eigenvalue weighted by molar-refractivity contribution is -0.132. The number of hydrogen-bond donors (Lipinski definition) is 1. The lowest BCUT2D eigenvalue weighted by Crippen LogP contribution is -2.44. The van der Waals surface area contributed by atoms with Crippen LogP contribution in [0.1, 0.15) is 24.8 Å². The van der Waals surface area contributed by atoms with Crippen LogP contribution in [0.15, 0.2) is 24.3 Å². The first-order chi connectivity index (χ1) is 11.8. The van der Waals surface area contributed by atoms with Crippen LogP contribution in [0.5, 0.6) is 0 Å². The van der Waals surface area contributed by atoms with Crippen molar-refractivity contribution >= 4 is 21.7 Å². The van der Waals surface area contributed by atoms with Crippen LogP contribution in [-0.2, 0) is 25.8 Å². The normalized spacial score (nSPS) is 18.5. The highest BCUT2D eigenvalue weighted by molar-refractivity contribution is 7.91. The van der Waals surface area contributed by atoms with Crippen LogP contribution < -0.4 is 5.32 Å². The van der Waals surface area contributed by atoms with Gasteiger partial charge in [-0.25, -0.2) is 12.8 Å². The summed E-state index contributed by atoms with van der Waals surface area (Å²) < 4.78 is 36.6. The van der Waals surface area contributed by atoms with E-state index in [0.717, 1.165) is 12.8 Å². The van der Waals surface area contributed by atoms with Crippen molar-refractivity contribution in [3.63, 3.8) is 0 Å². The van der Waals surface area contributed by atoms with Gasteiger partial charge in [0.15, 0.2) is 9.84 Å². The Bertz CT molecular complexity index is 736. The largest absolute Gasteiger partial charge is 0.347 e. The summed E-state index contributed by atoms with van der Waals surface area (Å²) in [6.45, 7) is 0.465. The molecule has 0 radical (unpaired) electrons. The molecule has 0 saturated carbocycles. The number of sulfone groups is 1. The van der Waals surface area contributed by atoms with Crippen LogP contribution in [0.4, 0.5) is 4.39 Å². The summed E-state index contributed by atoms with van der Waals surface area (Å²) in [5.41, 5.74) is 0.525. The Morgan fingerprint density at radius 1 is 1.32 bits per heavy atom. The maximum atomic E-state index is 13.1. The van der Waals surface area contributed by atoms with E-state index in [1.54, 1.807) is 6.07 Å². The molecule has 1 aliphatic rings. The van der Waals surface area contributed by atoms with Gasteiger partial charge in [0.1, 0.15) is 5.82 Å². The standard InChI is InChI=1S/C17H23FN2O4S/c1-25(23,24)15-7-2-3-8-20(12-15)17(22)11-19-16(21)10-13-5-4-6-14(18)9-13/h4-6,9,15H,2-3,7-8,10-12H2,1H3,(H,19,21)/t15-/m0/s1. The van der Waals surface area contributed by atoms with E-state index in [2.05, 4.69) is 5.32 Å². The van der Waals surface area contributed by atoms with Gasteiger partial charge >= 0.3 is 0 Å². The van der Waals surface area contributed by atoms with Crippen LogP contribution in [0.25, 0.3) is 0 Å². The minimum absolute atomic E-state index is 0.0169. The van der Waals surface area contributed by atoms with Crippen molar-refractivity contribution in [2.24, 2.45) is 0 Å². The van der Waals surface area contributed by atoms with E-state index in [9.17, 15) is 22.4 Å². The van der Waals surface area contributed by atoms with E-state index < -0.39 is 20.9 Å². The molecule has 0 unspecified atom stereocenters. The van der Waals surface area contributed by atoms with Crippen molar-refractivity contribution in [1.82, 2.24) is 10.2 Å². The van der Waals surface area contributed by atoms with Crippen molar-refractivity contribution in [3.8, 4) is 0 Å². The molecular formula is C17H23FN2O4S. The molecule has 25 heavy (non-hydrogen) atoms. The predicted molar refractivity (Wildman–Crippen MR) is 92.2 cm³/mol. The Morgan fingerprint density at radius 3 is 2.76 bits per heavy atom. The average molecular weight is 370 g/mol. The van der Waals surface area contributed by atoms with E-state index in [1.165, 1.54) is 29.4 Å². The summed E-state index contributed by atoms with van der Waals surface area (Å²) in [5, 5.41) is 1.97. The van der Waals surface area contributed by atoms with E-state index >= 15 is 0 Å². The molecule has 6 nitrogen and oxygen atoms in total. The molecule has 1 aliphatic heterocycles. The predicted octanol–water partition coefficient (Wildman–Crippen LogP) is 0.910. The molecule has 138 valence electrons. The number of benzene rings is 1. The molecule has 1 aromatic rings. The molecule has 0 aliphatic carbocycles. The summed E-state index contributed by atoms with van der Waals surface area (Å²) in [6, 6.07) is 5.72. The third-order valence-electron chi connectivity index (χ3n) is 4.28. The number of nitrogens with zero attached hydrogens (tertiary/aromatic N) is 1. The Hall–Kier alpha value is -1.96. The average Bonchev–Trinajstić information content (AvgIpc) is 2.78. The molecule has 1 atom stereocenters. The van der Waals surface area contributed by atoms with E-state index in [-0.39, 0.29) is 31.3 Å². The third-order valence-corrected chi connectivity index (χ3v) is 5.87. The quantitative estimate of drug-likeness (QED) is 0.835. The second kappa shape index (κ2) is 8.42. The fourth-order valence-electron chi connectivity index (χ4n) is 2.86. The summed E-state index contributed by atoms with van der Waals surface area (Å²) in [4.78, 5) is 25.7. The van der Waals surface area contributed by atoms with E-state index in [0.29, 0.717) is 18.5 Å². The first-order valence-corrected chi connectivity index (χ1v) is 10.2. The Labute approximate surface area is 147 Å². The van der Waals surface area contributed by atoms with Gasteiger partial charge in [0.2, 0.25) is 11.8 Å². The lowest BCUT2D eigenvalue weighted by Gasteiger charge is -2.23. The van der Waals surface area contributed by atoms with Crippen molar-refractivity contribution in [1.29, 1.82) is 0 Å². The minimum Gasteiger partial charge on any atom is -0.347 e. The number of carbonyl (C=O) groups excluding carboxylic acids is 2. The SMILES string of the molecule is CS(=O)(=O)[C@H]1CCCCN(C(=O)CNC(=O)Cc2cccc(F)c2)C1. The number of nitrogens with one attached hydrogen (secondary N) is 1. The molecular weight excluding hydrogens is 347 g/mol. The highest BCUT2D eigenvalue weighted by Crippen LogP contribution is 2.16. The van der Waals surface area contributed by atoms with Gasteiger partial charge in [-0.1, -0.05) is 18.6 Å². The number of amides is 2. The highest BCUT2D eigenvalue weighted by atomic mass is 32.2. The molecule has 0 bridgehead atoms. The molecule has 0 spiro atoms. The van der Waals surface area contributed by atoms with Gasteiger partial charge in [0.05, 0.1) is 18.2 Å². The molecule has 2 amide bonds. The molecule has 2 rings (SSSR count). The summed E-state index contributed by atoms with van der Waals surface area (Å²) in [5.74, 6) is -1.10. The monoisotopic (exact) mass is 370 g/mol. The lowest BCUT2D eigenvalue weighted by atomic mass is 10.1. The zero-order valence-corrected chi connectivity index (χ0v) is 15.0. The van der Waals surface area contributed by atoms with Crippen LogP contribution >= 0.6 is 0 Å². The summed E-state index contributed by atoms with van der Waals surface area (Å²) in [7, 11) is -3.21. The molecule has 1 fully saturated rings. The molecule has 1 N–H and O–H groups in total. The van der Waals surface area contributed by atoms with Crippen LogP contribution in [0.3, 0.4) is 0 Å². The Kier molecular flexibility index (Phi) is 6.52. The van der Waals surface area contributed by atoms with Crippen molar-refractivity contribution in [2.45, 2.75) is 30.9 Å². The number of halogens is 1. The molecule has 1 saturated heterocycles. The van der Waals surface area contributed by atoms with Gasteiger partial charge in [-0.2, -0.15) is 0 Å². The molecule has 0 aromatic heterocycles. The fourth-order valence-corrected chi connectivity index (χ4v) is 3.91. The second-order valence-electron chi connectivity index (χ2n) is 6.37. The van der Waals surface area contributed by atoms with E-state index in [4.69, 9.17) is 0 Å². The van der Waals surface area contributed by atoms with Gasteiger partial charge < -0.3 is 10.2 Å². The highest BCUT2D eigenvalue weighted by Gasteiger charge is 2.28. The smallest absolute Gasteiger partial charge is 0.242 e. The third kappa shape index (κ3) is 6.12. The van der Waals surface area contributed by atoms with Crippen LogP contribution in [0, 0.1) is 5.82 Å². The van der Waals surface area contributed by atoms with Crippen molar-refractivity contribution in [2.75, 3.05) is 25.9 Å². The maximum absolute atomic E-state index is 13.1. The number of likely N-dealkylation sites (tertiary alicyclic amines) is 1. The number of rotatable bonds is 5. The topological polar surface area (TPSA) is 83.6 Å². The van der Waals surface area contributed by atoms with Gasteiger partial charge in [-0.05, 0) is 30.5 Å². The second-order valence-corrected chi connectivity index (χ2v) is 8.70. The number of carbonyl (C=O) groups is 2. The zero-order chi connectivity index (χ0) is 18.4. The minimum atomic E-state index is -3.21. The summed E-state index contributed by atoms with van der Waals surface area (Å²) >= 11 is 0. The Balaban J connectivity index is 1.87.